The molecule has 1 aliphatic rings. The number of ether oxygens (including phenoxy) is 6. The van der Waals surface area contributed by atoms with E-state index in [0.717, 1.165) is 17.5 Å². The van der Waals surface area contributed by atoms with Crippen molar-refractivity contribution in [1.82, 2.24) is 4.90 Å². The van der Waals surface area contributed by atoms with Crippen molar-refractivity contribution in [3.05, 3.63) is 68.8 Å². The number of aromatic hydroxyl groups is 1. The summed E-state index contributed by atoms with van der Waals surface area (Å²) in [7, 11) is 8.89. The molecule has 2 aromatic carbocycles. The van der Waals surface area contributed by atoms with Gasteiger partial charge in [0.2, 0.25) is 11.2 Å². The van der Waals surface area contributed by atoms with Gasteiger partial charge in [0.1, 0.15) is 11.5 Å². The molecule has 41 heavy (non-hydrogen) atoms. The van der Waals surface area contributed by atoms with Crippen LogP contribution in [0.5, 0.6) is 34.5 Å². The molecule has 1 aromatic heterocycles. The molecule has 1 aliphatic heterocycles. The highest BCUT2D eigenvalue weighted by Gasteiger charge is 2.31. The molecule has 0 saturated carbocycles. The van der Waals surface area contributed by atoms with Crippen LogP contribution in [0.3, 0.4) is 0 Å². The standard InChI is InChI=1S/C30H35NO10/c1-35-23-14-27(39-5)26(38-4)12-20(23)21(13-28(33)40-6)30-29(34)22(32)11-19(41-30)16-31-8-7-17-9-24(36-2)25(37-3)10-18(17)15-31/h9-12,14,21,34H,7-8,13,15-16H2,1-6H3/t21-/m0/s1. The molecular weight excluding hydrogens is 534 g/mol. The monoisotopic (exact) mass is 569 g/mol. The van der Waals surface area contributed by atoms with Gasteiger partial charge in [0.25, 0.3) is 0 Å². The molecule has 0 unspecified atom stereocenters. The number of hydrogen-bond acceptors (Lipinski definition) is 11. The minimum absolute atomic E-state index is 0.0766. The highest BCUT2D eigenvalue weighted by molar-refractivity contribution is 5.72. The first kappa shape index (κ1) is 29.6. The van der Waals surface area contributed by atoms with Gasteiger partial charge in [-0.2, -0.15) is 0 Å². The van der Waals surface area contributed by atoms with Crippen LogP contribution >= 0.6 is 0 Å². The van der Waals surface area contributed by atoms with Crippen molar-refractivity contribution in [2.45, 2.75) is 31.8 Å². The van der Waals surface area contributed by atoms with E-state index in [1.165, 1.54) is 34.5 Å². The summed E-state index contributed by atoms with van der Waals surface area (Å²) < 4.78 is 38.4. The summed E-state index contributed by atoms with van der Waals surface area (Å²) in [4.78, 5) is 27.6. The number of carbonyl (C=O) groups is 1. The maximum absolute atomic E-state index is 13.0. The lowest BCUT2D eigenvalue weighted by Gasteiger charge is -2.29. The van der Waals surface area contributed by atoms with Gasteiger partial charge >= 0.3 is 5.97 Å². The normalized spacial score (nSPS) is 13.6. The fourth-order valence-electron chi connectivity index (χ4n) is 5.09. The summed E-state index contributed by atoms with van der Waals surface area (Å²) in [5.41, 5.74) is 2.05. The molecular formula is C30H35NO10. The van der Waals surface area contributed by atoms with E-state index in [1.54, 1.807) is 26.4 Å². The Labute approximate surface area is 238 Å². The lowest BCUT2D eigenvalue weighted by Crippen LogP contribution is -2.30. The Bertz CT molecular complexity index is 1460. The Morgan fingerprint density at radius 3 is 2.05 bits per heavy atom. The number of esters is 1. The highest BCUT2D eigenvalue weighted by Crippen LogP contribution is 2.43. The smallest absolute Gasteiger partial charge is 0.306 e. The molecule has 220 valence electrons. The van der Waals surface area contributed by atoms with E-state index in [-0.39, 0.29) is 12.2 Å². The second kappa shape index (κ2) is 12.9. The van der Waals surface area contributed by atoms with E-state index in [4.69, 9.17) is 32.8 Å². The van der Waals surface area contributed by atoms with Gasteiger partial charge in [-0.25, -0.2) is 0 Å². The molecule has 3 aromatic rings. The van der Waals surface area contributed by atoms with Crippen molar-refractivity contribution < 1.29 is 42.7 Å². The molecule has 0 amide bonds. The number of hydrogen-bond donors (Lipinski definition) is 1. The minimum Gasteiger partial charge on any atom is -0.502 e. The molecule has 0 fully saturated rings. The number of fused-ring (bicyclic) bond motifs is 1. The first-order valence-electron chi connectivity index (χ1n) is 12.9. The predicted octanol–water partition coefficient (Wildman–Crippen LogP) is 3.64. The second-order valence-corrected chi connectivity index (χ2v) is 9.51. The first-order valence-corrected chi connectivity index (χ1v) is 12.9. The van der Waals surface area contributed by atoms with E-state index in [0.29, 0.717) is 59.7 Å². The largest absolute Gasteiger partial charge is 0.502 e. The Morgan fingerprint density at radius 1 is 0.854 bits per heavy atom. The molecule has 0 bridgehead atoms. The number of benzene rings is 2. The van der Waals surface area contributed by atoms with Gasteiger partial charge in [0, 0.05) is 30.8 Å². The van der Waals surface area contributed by atoms with Crippen molar-refractivity contribution in [3.63, 3.8) is 0 Å². The predicted molar refractivity (Wildman–Crippen MR) is 149 cm³/mol. The fraction of sp³-hybridized carbons (Fsp3) is 0.400. The Kier molecular flexibility index (Phi) is 9.28. The summed E-state index contributed by atoms with van der Waals surface area (Å²) in [5, 5.41) is 10.9. The number of carbonyl (C=O) groups excluding carboxylic acids is 1. The van der Waals surface area contributed by atoms with E-state index in [1.807, 2.05) is 12.1 Å². The SMILES string of the molecule is COC(=O)C[C@@H](c1cc(OC)c(OC)cc1OC)c1oc(CN2CCc3cc(OC)c(OC)cc3C2)cc(=O)c1O. The van der Waals surface area contributed by atoms with E-state index < -0.39 is 23.1 Å². The number of rotatable bonds is 11. The van der Waals surface area contributed by atoms with Crippen molar-refractivity contribution >= 4 is 5.97 Å². The molecule has 0 aliphatic carbocycles. The zero-order valence-electron chi connectivity index (χ0n) is 24.1. The average molecular weight is 570 g/mol. The fourth-order valence-corrected chi connectivity index (χ4v) is 5.09. The molecule has 1 N–H and O–H groups in total. The quantitative estimate of drug-likeness (QED) is 0.340. The van der Waals surface area contributed by atoms with Crippen LogP contribution in [0.2, 0.25) is 0 Å². The van der Waals surface area contributed by atoms with Crippen molar-refractivity contribution in [2.75, 3.05) is 49.2 Å². The molecule has 11 heteroatoms. The molecule has 11 nitrogen and oxygen atoms in total. The molecule has 1 atom stereocenters. The number of nitrogens with zero attached hydrogens (tertiary/aromatic N) is 1. The third-order valence-electron chi connectivity index (χ3n) is 7.20. The maximum Gasteiger partial charge on any atom is 0.306 e. The zero-order chi connectivity index (χ0) is 29.7. The molecule has 2 heterocycles. The van der Waals surface area contributed by atoms with Gasteiger partial charge < -0.3 is 37.9 Å². The lowest BCUT2D eigenvalue weighted by molar-refractivity contribution is -0.140. The lowest BCUT2D eigenvalue weighted by atomic mass is 9.91. The van der Waals surface area contributed by atoms with Crippen LogP contribution in [0.15, 0.2) is 39.5 Å². The minimum atomic E-state index is -0.927. The Hall–Kier alpha value is -4.38. The Balaban J connectivity index is 1.73. The second-order valence-electron chi connectivity index (χ2n) is 9.51. The van der Waals surface area contributed by atoms with Crippen LogP contribution in [-0.4, -0.2) is 65.2 Å². The molecule has 0 radical (unpaired) electrons. The van der Waals surface area contributed by atoms with Crippen LogP contribution in [0.1, 0.15) is 40.5 Å². The third kappa shape index (κ3) is 6.19. The Morgan fingerprint density at radius 2 is 1.44 bits per heavy atom. The molecule has 4 rings (SSSR count). The van der Waals surface area contributed by atoms with Gasteiger partial charge in [0.15, 0.2) is 28.8 Å². The summed E-state index contributed by atoms with van der Waals surface area (Å²) in [5.74, 6) is 0.603. The van der Waals surface area contributed by atoms with Crippen LogP contribution in [0.25, 0.3) is 0 Å². The first-order chi connectivity index (χ1) is 19.8. The topological polar surface area (TPSA) is 126 Å². The molecule has 0 saturated heterocycles. The van der Waals surface area contributed by atoms with Gasteiger partial charge in [-0.3, -0.25) is 14.5 Å². The third-order valence-corrected chi connectivity index (χ3v) is 7.20. The summed E-state index contributed by atoms with van der Waals surface area (Å²) >= 11 is 0. The van der Waals surface area contributed by atoms with E-state index in [2.05, 4.69) is 4.90 Å². The van der Waals surface area contributed by atoms with E-state index in [9.17, 15) is 14.7 Å². The van der Waals surface area contributed by atoms with E-state index >= 15 is 0 Å². The van der Waals surface area contributed by atoms with Crippen LogP contribution in [0, 0.1) is 0 Å². The van der Waals surface area contributed by atoms with Gasteiger partial charge in [-0.05, 0) is 35.7 Å². The highest BCUT2D eigenvalue weighted by atomic mass is 16.5. The van der Waals surface area contributed by atoms with Crippen molar-refractivity contribution in [1.29, 1.82) is 0 Å². The van der Waals surface area contributed by atoms with Crippen LogP contribution in [0.4, 0.5) is 0 Å². The van der Waals surface area contributed by atoms with Gasteiger partial charge in [-0.15, -0.1) is 0 Å². The maximum atomic E-state index is 13.0. The van der Waals surface area contributed by atoms with Crippen LogP contribution < -0.4 is 29.1 Å². The summed E-state index contributed by atoms with van der Waals surface area (Å²) in [6.07, 6.45) is 0.527. The van der Waals surface area contributed by atoms with Gasteiger partial charge in [-0.1, -0.05) is 0 Å². The summed E-state index contributed by atoms with van der Waals surface area (Å²) in [6, 6.07) is 8.43. The van der Waals surface area contributed by atoms with Gasteiger partial charge in [0.05, 0.1) is 61.5 Å². The van der Waals surface area contributed by atoms with Crippen molar-refractivity contribution in [2.24, 2.45) is 0 Å². The average Bonchev–Trinajstić information content (AvgIpc) is 2.99. The van der Waals surface area contributed by atoms with Crippen molar-refractivity contribution in [3.8, 4) is 34.5 Å². The molecule has 0 spiro atoms. The van der Waals surface area contributed by atoms with Crippen LogP contribution in [-0.2, 0) is 29.0 Å². The summed E-state index contributed by atoms with van der Waals surface area (Å²) in [6.45, 7) is 1.59. The number of methoxy groups -OCH3 is 6. The zero-order valence-corrected chi connectivity index (χ0v) is 24.1.